The molecule has 10 heteroatoms. The molecule has 0 saturated heterocycles. The molecule has 210 valence electrons. The third kappa shape index (κ3) is 9.20. The largest absolute Gasteiger partial charge is 0.495 e. The van der Waals surface area contributed by atoms with Gasteiger partial charge in [0.05, 0.1) is 24.1 Å². The Morgan fingerprint density at radius 1 is 1.08 bits per heavy atom. The van der Waals surface area contributed by atoms with Gasteiger partial charge in [-0.1, -0.05) is 61.7 Å². The zero-order valence-corrected chi connectivity index (χ0v) is 24.6. The Morgan fingerprint density at radius 3 is 2.32 bits per heavy atom. The molecule has 8 nitrogen and oxygen atoms in total. The highest BCUT2D eigenvalue weighted by Crippen LogP contribution is 2.30. The highest BCUT2D eigenvalue weighted by Gasteiger charge is 2.28. The summed E-state index contributed by atoms with van der Waals surface area (Å²) in [4.78, 5) is 28.1. The van der Waals surface area contributed by atoms with Crippen LogP contribution in [0.15, 0.2) is 42.5 Å². The van der Waals surface area contributed by atoms with Crippen LogP contribution in [0.1, 0.15) is 57.1 Å². The maximum absolute atomic E-state index is 13.5. The van der Waals surface area contributed by atoms with Crippen LogP contribution in [0.5, 0.6) is 5.75 Å². The van der Waals surface area contributed by atoms with Gasteiger partial charge in [0.15, 0.2) is 0 Å². The minimum Gasteiger partial charge on any atom is -0.495 e. The quantitative estimate of drug-likeness (QED) is 0.309. The summed E-state index contributed by atoms with van der Waals surface area (Å²) in [6, 6.07) is 12.0. The summed E-state index contributed by atoms with van der Waals surface area (Å²) in [6.45, 7) is 6.88. The average molecular weight is 566 g/mol. The number of aryl methyl sites for hydroxylation is 1. The molecule has 1 N–H and O–H groups in total. The summed E-state index contributed by atoms with van der Waals surface area (Å²) in [6.07, 6.45) is 3.76. The summed E-state index contributed by atoms with van der Waals surface area (Å²) < 4.78 is 31.5. The van der Waals surface area contributed by atoms with Gasteiger partial charge in [-0.05, 0) is 49.9 Å². The Labute approximate surface area is 232 Å². The van der Waals surface area contributed by atoms with Crippen molar-refractivity contribution in [3.8, 4) is 5.75 Å². The van der Waals surface area contributed by atoms with E-state index in [0.29, 0.717) is 36.0 Å². The lowest BCUT2D eigenvalue weighted by atomic mass is 10.1. The number of carbonyl (C=O) groups excluding carboxylic acids is 2. The van der Waals surface area contributed by atoms with Gasteiger partial charge in [-0.25, -0.2) is 8.42 Å². The van der Waals surface area contributed by atoms with Crippen molar-refractivity contribution in [1.82, 2.24) is 10.2 Å². The van der Waals surface area contributed by atoms with E-state index in [1.807, 2.05) is 38.1 Å². The molecule has 1 atom stereocenters. The number of hydrogen-bond acceptors (Lipinski definition) is 5. The van der Waals surface area contributed by atoms with Crippen molar-refractivity contribution in [2.24, 2.45) is 0 Å². The van der Waals surface area contributed by atoms with E-state index < -0.39 is 16.1 Å². The molecule has 2 amide bonds. The molecule has 38 heavy (non-hydrogen) atoms. The zero-order chi connectivity index (χ0) is 28.3. The molecule has 0 bridgehead atoms. The fourth-order valence-electron chi connectivity index (χ4n) is 4.13. The van der Waals surface area contributed by atoms with Gasteiger partial charge in [0.25, 0.3) is 0 Å². The monoisotopic (exact) mass is 565 g/mol. The van der Waals surface area contributed by atoms with Crippen LogP contribution in [-0.4, -0.2) is 57.6 Å². The second kappa shape index (κ2) is 15.0. The first-order valence-electron chi connectivity index (χ1n) is 13.0. The smallest absolute Gasteiger partial charge is 0.242 e. The SMILES string of the molecule is CCCCNC(=O)[C@@H](CC)N(Cc1ccc(C)cc1)C(=O)CCCN(c1ccc(OC)c(Cl)c1)S(C)(=O)=O. The van der Waals surface area contributed by atoms with Gasteiger partial charge in [0.1, 0.15) is 11.8 Å². The standard InChI is InChI=1S/C28H40ClN3O5S/c1-6-8-17-30-28(34)25(7-2)31(20-22-13-11-21(3)12-14-22)27(33)10-9-18-32(38(5,35)36)23-15-16-26(37-4)24(29)19-23/h11-16,19,25H,6-10,17-18,20H2,1-5H3,(H,30,34)/t25-/m1/s1. The number of benzene rings is 2. The van der Waals surface area contributed by atoms with Crippen molar-refractivity contribution < 1.29 is 22.7 Å². The van der Waals surface area contributed by atoms with E-state index in [1.165, 1.54) is 17.5 Å². The Kier molecular flexibility index (Phi) is 12.4. The third-order valence-electron chi connectivity index (χ3n) is 6.26. The lowest BCUT2D eigenvalue weighted by Crippen LogP contribution is -2.49. The number of carbonyl (C=O) groups is 2. The van der Waals surface area contributed by atoms with Crippen molar-refractivity contribution in [3.63, 3.8) is 0 Å². The number of amides is 2. The van der Waals surface area contributed by atoms with Crippen LogP contribution >= 0.6 is 11.6 Å². The van der Waals surface area contributed by atoms with E-state index in [2.05, 4.69) is 12.2 Å². The Bertz CT molecular complexity index is 1170. The number of sulfonamides is 1. The maximum Gasteiger partial charge on any atom is 0.242 e. The second-order valence-corrected chi connectivity index (χ2v) is 11.6. The topological polar surface area (TPSA) is 96.0 Å². The van der Waals surface area contributed by atoms with Crippen LogP contribution in [0.4, 0.5) is 5.69 Å². The normalized spacial score (nSPS) is 12.1. The highest BCUT2D eigenvalue weighted by atomic mass is 35.5. The predicted molar refractivity (Wildman–Crippen MR) is 153 cm³/mol. The number of methoxy groups -OCH3 is 1. The van der Waals surface area contributed by atoms with Gasteiger partial charge in [-0.3, -0.25) is 13.9 Å². The van der Waals surface area contributed by atoms with Gasteiger partial charge >= 0.3 is 0 Å². The van der Waals surface area contributed by atoms with Crippen molar-refractivity contribution in [2.75, 3.05) is 30.8 Å². The molecule has 2 aromatic carbocycles. The molecule has 2 rings (SSSR count). The van der Waals surface area contributed by atoms with E-state index in [1.54, 1.807) is 17.0 Å². The third-order valence-corrected chi connectivity index (χ3v) is 7.75. The van der Waals surface area contributed by atoms with E-state index in [9.17, 15) is 18.0 Å². The summed E-state index contributed by atoms with van der Waals surface area (Å²) in [5.74, 6) is 0.0601. The number of ether oxygens (including phenoxy) is 1. The summed E-state index contributed by atoms with van der Waals surface area (Å²) in [7, 11) is -2.14. The lowest BCUT2D eigenvalue weighted by Gasteiger charge is -2.31. The van der Waals surface area contributed by atoms with Crippen LogP contribution in [0.2, 0.25) is 5.02 Å². The van der Waals surface area contributed by atoms with Crippen LogP contribution in [0.25, 0.3) is 0 Å². The number of nitrogens with one attached hydrogen (secondary N) is 1. The maximum atomic E-state index is 13.5. The Morgan fingerprint density at radius 2 is 1.76 bits per heavy atom. The van der Waals surface area contributed by atoms with Gasteiger partial charge in [-0.2, -0.15) is 0 Å². The summed E-state index contributed by atoms with van der Waals surface area (Å²) in [5.41, 5.74) is 2.42. The summed E-state index contributed by atoms with van der Waals surface area (Å²) >= 11 is 6.22. The second-order valence-electron chi connectivity index (χ2n) is 9.33. The van der Waals surface area contributed by atoms with Crippen LogP contribution < -0.4 is 14.4 Å². The Hall–Kier alpha value is -2.78. The van der Waals surface area contributed by atoms with Gasteiger partial charge < -0.3 is 15.0 Å². The van der Waals surface area contributed by atoms with Gasteiger partial charge in [0.2, 0.25) is 21.8 Å². The van der Waals surface area contributed by atoms with E-state index in [0.717, 1.165) is 30.2 Å². The molecule has 0 aliphatic carbocycles. The van der Waals surface area contributed by atoms with Crippen molar-refractivity contribution in [1.29, 1.82) is 0 Å². The molecule has 0 radical (unpaired) electrons. The molecule has 0 unspecified atom stereocenters. The van der Waals surface area contributed by atoms with Crippen molar-refractivity contribution in [3.05, 3.63) is 58.6 Å². The fourth-order valence-corrected chi connectivity index (χ4v) is 5.34. The zero-order valence-electron chi connectivity index (χ0n) is 23.0. The predicted octanol–water partition coefficient (Wildman–Crippen LogP) is 4.93. The van der Waals surface area contributed by atoms with E-state index in [4.69, 9.17) is 16.3 Å². The van der Waals surface area contributed by atoms with E-state index >= 15 is 0 Å². The minimum atomic E-state index is -3.63. The molecule has 0 aliphatic heterocycles. The van der Waals surface area contributed by atoms with E-state index in [-0.39, 0.29) is 31.2 Å². The first kappa shape index (κ1) is 31.4. The molecule has 0 fully saturated rings. The number of halogens is 1. The molecular formula is C28H40ClN3O5S. The number of hydrogen-bond donors (Lipinski definition) is 1. The van der Waals surface area contributed by atoms with Crippen LogP contribution in [0, 0.1) is 6.92 Å². The first-order valence-corrected chi connectivity index (χ1v) is 15.2. The van der Waals surface area contributed by atoms with Crippen LogP contribution in [-0.2, 0) is 26.2 Å². The number of rotatable bonds is 15. The van der Waals surface area contributed by atoms with Crippen LogP contribution in [0.3, 0.4) is 0 Å². The van der Waals surface area contributed by atoms with Crippen molar-refractivity contribution >= 4 is 39.1 Å². The number of nitrogens with zero attached hydrogens (tertiary/aromatic N) is 2. The van der Waals surface area contributed by atoms with Gasteiger partial charge in [-0.15, -0.1) is 0 Å². The lowest BCUT2D eigenvalue weighted by molar-refractivity contribution is -0.141. The molecule has 0 spiro atoms. The number of unbranched alkanes of at least 4 members (excludes halogenated alkanes) is 1. The highest BCUT2D eigenvalue weighted by molar-refractivity contribution is 7.92. The molecule has 0 saturated carbocycles. The number of anilines is 1. The molecule has 0 heterocycles. The van der Waals surface area contributed by atoms with Crippen molar-refractivity contribution in [2.45, 2.75) is 65.5 Å². The molecular weight excluding hydrogens is 526 g/mol. The molecule has 2 aromatic rings. The molecule has 0 aliphatic rings. The van der Waals surface area contributed by atoms with Gasteiger partial charge in [0, 0.05) is 26.1 Å². The first-order chi connectivity index (χ1) is 18.0. The Balaban J connectivity index is 2.21. The summed E-state index contributed by atoms with van der Waals surface area (Å²) in [5, 5.41) is 3.24. The minimum absolute atomic E-state index is 0.0838. The molecule has 0 aromatic heterocycles. The fraction of sp³-hybridized carbons (Fsp3) is 0.500. The average Bonchev–Trinajstić information content (AvgIpc) is 2.87.